The van der Waals surface area contributed by atoms with Crippen LogP contribution in [0.25, 0.3) is 0 Å². The number of hydrogen-bond donors (Lipinski definition) is 1. The van der Waals surface area contributed by atoms with E-state index in [1.807, 2.05) is 0 Å². The molecule has 144 valence electrons. The molecule has 0 aromatic heterocycles. The number of nitrogens with one attached hydrogen (secondary N) is 1. The van der Waals surface area contributed by atoms with Gasteiger partial charge in [0, 0.05) is 28.8 Å². The lowest BCUT2D eigenvalue weighted by molar-refractivity contribution is 0.102. The van der Waals surface area contributed by atoms with Crippen LogP contribution in [0, 0.1) is 0 Å². The quantitative estimate of drug-likeness (QED) is 0.746. The zero-order valence-corrected chi connectivity index (χ0v) is 17.3. The Hall–Kier alpha value is -1.90. The van der Waals surface area contributed by atoms with E-state index in [1.54, 1.807) is 36.4 Å². The summed E-state index contributed by atoms with van der Waals surface area (Å²) in [5.41, 5.74) is 0.883. The number of anilines is 1. The number of methoxy groups -OCH3 is 1. The lowest BCUT2D eigenvalue weighted by Crippen LogP contribution is -2.35. The summed E-state index contributed by atoms with van der Waals surface area (Å²) in [5.74, 6) is -0.0452. The second-order valence-electron chi connectivity index (χ2n) is 6.29. The summed E-state index contributed by atoms with van der Waals surface area (Å²) < 4.78 is 33.7. The minimum atomic E-state index is -3.68. The van der Waals surface area contributed by atoms with Crippen molar-refractivity contribution >= 4 is 37.5 Å². The van der Waals surface area contributed by atoms with Gasteiger partial charge in [-0.2, -0.15) is 4.31 Å². The highest BCUT2D eigenvalue weighted by Gasteiger charge is 2.29. The van der Waals surface area contributed by atoms with Gasteiger partial charge in [-0.3, -0.25) is 4.79 Å². The van der Waals surface area contributed by atoms with Crippen molar-refractivity contribution in [3.05, 3.63) is 52.5 Å². The number of rotatable bonds is 5. The molecule has 1 saturated heterocycles. The van der Waals surface area contributed by atoms with Crippen molar-refractivity contribution in [2.45, 2.75) is 24.2 Å². The molecule has 8 heteroatoms. The van der Waals surface area contributed by atoms with Gasteiger partial charge in [-0.1, -0.05) is 22.4 Å². The first-order valence-electron chi connectivity index (χ1n) is 8.67. The lowest BCUT2D eigenvalue weighted by Gasteiger charge is -2.26. The van der Waals surface area contributed by atoms with E-state index in [2.05, 4.69) is 21.2 Å². The Labute approximate surface area is 167 Å². The number of nitrogens with zero attached hydrogens (tertiary/aromatic N) is 1. The van der Waals surface area contributed by atoms with Gasteiger partial charge in [0.25, 0.3) is 5.91 Å². The molecule has 2 aromatic rings. The molecule has 0 atom stereocenters. The van der Waals surface area contributed by atoms with Crippen molar-refractivity contribution < 1.29 is 17.9 Å². The summed E-state index contributed by atoms with van der Waals surface area (Å²) in [6.45, 7) is 1.00. The zero-order chi connectivity index (χ0) is 19.4. The van der Waals surface area contributed by atoms with Crippen LogP contribution >= 0.6 is 15.9 Å². The fraction of sp³-hybridized carbons (Fsp3) is 0.316. The number of carbonyl (C=O) groups excluding carboxylic acids is 1. The summed E-state index contributed by atoms with van der Waals surface area (Å²) >= 11 is 3.33. The highest BCUT2D eigenvalue weighted by molar-refractivity contribution is 9.10. The highest BCUT2D eigenvalue weighted by atomic mass is 79.9. The van der Waals surface area contributed by atoms with E-state index in [1.165, 1.54) is 17.5 Å². The fourth-order valence-corrected chi connectivity index (χ4v) is 4.97. The van der Waals surface area contributed by atoms with Gasteiger partial charge in [0.05, 0.1) is 7.11 Å². The van der Waals surface area contributed by atoms with E-state index in [-0.39, 0.29) is 16.6 Å². The Morgan fingerprint density at radius 2 is 1.74 bits per heavy atom. The number of ether oxygens (including phenoxy) is 1. The van der Waals surface area contributed by atoms with Crippen LogP contribution in [-0.4, -0.2) is 38.8 Å². The Morgan fingerprint density at radius 3 is 2.37 bits per heavy atom. The first-order valence-corrected chi connectivity index (χ1v) is 10.9. The van der Waals surface area contributed by atoms with Crippen LogP contribution in [0.4, 0.5) is 5.69 Å². The van der Waals surface area contributed by atoms with Gasteiger partial charge in [-0.05, 0) is 55.3 Å². The van der Waals surface area contributed by atoms with E-state index in [0.717, 1.165) is 23.7 Å². The van der Waals surface area contributed by atoms with Crippen molar-refractivity contribution in [3.8, 4) is 5.75 Å². The molecule has 0 unspecified atom stereocenters. The normalized spacial score (nSPS) is 15.3. The summed E-state index contributed by atoms with van der Waals surface area (Å²) in [5, 5.41) is 2.75. The molecule has 0 aliphatic carbocycles. The fourth-order valence-electron chi connectivity index (χ4n) is 3.00. The summed E-state index contributed by atoms with van der Waals surface area (Å²) in [6, 6.07) is 11.6. The van der Waals surface area contributed by atoms with E-state index in [4.69, 9.17) is 4.74 Å². The van der Waals surface area contributed by atoms with Crippen LogP contribution in [0.2, 0.25) is 0 Å². The largest absolute Gasteiger partial charge is 0.495 e. The van der Waals surface area contributed by atoms with Gasteiger partial charge >= 0.3 is 0 Å². The molecule has 6 nitrogen and oxygen atoms in total. The third kappa shape index (κ3) is 4.51. The molecular formula is C19H21BrN2O4S. The third-order valence-corrected chi connectivity index (χ3v) is 6.91. The Bertz CT molecular complexity index is 923. The topological polar surface area (TPSA) is 75.7 Å². The van der Waals surface area contributed by atoms with Crippen molar-refractivity contribution in [1.82, 2.24) is 4.31 Å². The van der Waals surface area contributed by atoms with Crippen molar-refractivity contribution in [3.63, 3.8) is 0 Å². The molecule has 0 radical (unpaired) electrons. The minimum Gasteiger partial charge on any atom is -0.495 e. The smallest absolute Gasteiger partial charge is 0.255 e. The van der Waals surface area contributed by atoms with Crippen LogP contribution in [0.5, 0.6) is 5.75 Å². The van der Waals surface area contributed by atoms with Gasteiger partial charge in [-0.25, -0.2) is 8.42 Å². The molecule has 0 spiro atoms. The molecule has 0 saturated carbocycles. The highest BCUT2D eigenvalue weighted by Crippen LogP contribution is 2.31. The standard InChI is InChI=1S/C19H21BrN2O4S/c1-26-17-10-9-16(21-19(23)14-5-7-15(20)8-6-14)13-18(17)27(24,25)22-11-3-2-4-12-22/h5-10,13H,2-4,11-12H2,1H3,(H,21,23). The van der Waals surface area contributed by atoms with Crippen LogP contribution in [0.1, 0.15) is 29.6 Å². The first kappa shape index (κ1) is 19.9. The average Bonchev–Trinajstić information content (AvgIpc) is 2.69. The molecule has 0 bridgehead atoms. The monoisotopic (exact) mass is 452 g/mol. The Morgan fingerprint density at radius 1 is 1.07 bits per heavy atom. The number of benzene rings is 2. The molecule has 1 amide bonds. The molecule has 2 aromatic carbocycles. The maximum Gasteiger partial charge on any atom is 0.255 e. The minimum absolute atomic E-state index is 0.0699. The number of piperidine rings is 1. The van der Waals surface area contributed by atoms with E-state index < -0.39 is 10.0 Å². The van der Waals surface area contributed by atoms with E-state index >= 15 is 0 Å². The maximum atomic E-state index is 13.0. The SMILES string of the molecule is COc1ccc(NC(=O)c2ccc(Br)cc2)cc1S(=O)(=O)N1CCCCC1. The Balaban J connectivity index is 1.89. The summed E-state index contributed by atoms with van der Waals surface area (Å²) in [7, 11) is -2.25. The second kappa shape index (κ2) is 8.41. The van der Waals surface area contributed by atoms with E-state index in [0.29, 0.717) is 24.3 Å². The molecular weight excluding hydrogens is 432 g/mol. The molecule has 1 heterocycles. The third-order valence-electron chi connectivity index (χ3n) is 4.46. The van der Waals surface area contributed by atoms with Crippen molar-refractivity contribution in [1.29, 1.82) is 0 Å². The number of halogens is 1. The number of amides is 1. The summed E-state index contributed by atoms with van der Waals surface area (Å²) in [6.07, 6.45) is 2.73. The van der Waals surface area contributed by atoms with Gasteiger partial charge in [-0.15, -0.1) is 0 Å². The van der Waals surface area contributed by atoms with Gasteiger partial charge in [0.2, 0.25) is 10.0 Å². The number of carbonyl (C=O) groups is 1. The second-order valence-corrected chi connectivity index (χ2v) is 9.11. The lowest BCUT2D eigenvalue weighted by atomic mass is 10.2. The molecule has 1 N–H and O–H groups in total. The van der Waals surface area contributed by atoms with E-state index in [9.17, 15) is 13.2 Å². The predicted molar refractivity (Wildman–Crippen MR) is 108 cm³/mol. The number of hydrogen-bond acceptors (Lipinski definition) is 4. The van der Waals surface area contributed by atoms with Gasteiger partial charge < -0.3 is 10.1 Å². The van der Waals surface area contributed by atoms with Gasteiger partial charge in [0.15, 0.2) is 0 Å². The van der Waals surface area contributed by atoms with Crippen LogP contribution in [0.15, 0.2) is 51.8 Å². The molecule has 1 aliphatic rings. The van der Waals surface area contributed by atoms with Crippen LogP contribution in [0.3, 0.4) is 0 Å². The predicted octanol–water partition coefficient (Wildman–Crippen LogP) is 3.88. The Kier molecular flexibility index (Phi) is 6.18. The zero-order valence-electron chi connectivity index (χ0n) is 14.9. The maximum absolute atomic E-state index is 13.0. The summed E-state index contributed by atoms with van der Waals surface area (Å²) in [4.78, 5) is 12.5. The van der Waals surface area contributed by atoms with Crippen molar-refractivity contribution in [2.24, 2.45) is 0 Å². The molecule has 3 rings (SSSR count). The van der Waals surface area contributed by atoms with Crippen LogP contribution in [-0.2, 0) is 10.0 Å². The molecule has 27 heavy (non-hydrogen) atoms. The number of sulfonamides is 1. The first-order chi connectivity index (χ1) is 12.9. The molecule has 1 aliphatic heterocycles. The van der Waals surface area contributed by atoms with Gasteiger partial charge in [0.1, 0.15) is 10.6 Å². The molecule has 1 fully saturated rings. The average molecular weight is 453 g/mol. The van der Waals surface area contributed by atoms with Crippen molar-refractivity contribution in [2.75, 3.05) is 25.5 Å². The van der Waals surface area contributed by atoms with Crippen LogP contribution < -0.4 is 10.1 Å².